The van der Waals surface area contributed by atoms with Gasteiger partial charge in [-0.1, -0.05) is 19.1 Å². The zero-order valence-electron chi connectivity index (χ0n) is 15.0. The molecule has 2 N–H and O–H groups in total. The van der Waals surface area contributed by atoms with Gasteiger partial charge in [-0.15, -0.1) is 0 Å². The van der Waals surface area contributed by atoms with Crippen molar-refractivity contribution in [2.45, 2.75) is 32.7 Å². The number of hydrogen-bond acceptors (Lipinski definition) is 3. The second-order valence-electron chi connectivity index (χ2n) is 6.67. The van der Waals surface area contributed by atoms with Crippen LogP contribution in [0.5, 0.6) is 0 Å². The van der Waals surface area contributed by atoms with Crippen LogP contribution in [0.2, 0.25) is 0 Å². The number of nitrogens with one attached hydrogen (secondary N) is 2. The Morgan fingerprint density at radius 3 is 2.85 bits per heavy atom. The first kappa shape index (κ1) is 16.6. The lowest BCUT2D eigenvalue weighted by molar-refractivity contribution is -0.656. The first-order valence-corrected chi connectivity index (χ1v) is 9.30. The predicted octanol–water partition coefficient (Wildman–Crippen LogP) is 3.11. The van der Waals surface area contributed by atoms with Gasteiger partial charge >= 0.3 is 11.9 Å². The molecule has 1 aliphatic rings. The average molecular weight is 350 g/mol. The summed E-state index contributed by atoms with van der Waals surface area (Å²) >= 11 is 0. The zero-order valence-corrected chi connectivity index (χ0v) is 15.0. The summed E-state index contributed by atoms with van der Waals surface area (Å²) in [5.41, 5.74) is 2.73. The molecular formula is C20H24N5O+. The highest BCUT2D eigenvalue weighted by Gasteiger charge is 2.25. The van der Waals surface area contributed by atoms with Crippen LogP contribution in [0.25, 0.3) is 11.0 Å². The molecule has 6 nitrogen and oxygen atoms in total. The molecule has 26 heavy (non-hydrogen) atoms. The van der Waals surface area contributed by atoms with Gasteiger partial charge in [-0.25, -0.2) is 19.9 Å². The van der Waals surface area contributed by atoms with Crippen molar-refractivity contribution in [1.82, 2.24) is 9.97 Å². The number of fused-ring (bicyclic) bond motifs is 1. The molecule has 1 fully saturated rings. The van der Waals surface area contributed by atoms with Crippen molar-refractivity contribution in [1.29, 1.82) is 0 Å². The third kappa shape index (κ3) is 3.03. The number of H-pyrrole nitrogens is 1. The quantitative estimate of drug-likeness (QED) is 0.695. The highest BCUT2D eigenvalue weighted by atomic mass is 16.1. The number of nitrogens with zero attached hydrogens (tertiary/aromatic N) is 3. The smallest absolute Gasteiger partial charge is 0.356 e. The Labute approximate surface area is 152 Å². The lowest BCUT2D eigenvalue weighted by Gasteiger charge is -2.18. The van der Waals surface area contributed by atoms with Crippen LogP contribution in [-0.4, -0.2) is 29.0 Å². The number of carbonyl (C=O) groups is 1. The molecule has 4 rings (SSSR count). The summed E-state index contributed by atoms with van der Waals surface area (Å²) in [7, 11) is 0. The van der Waals surface area contributed by atoms with E-state index in [1.807, 2.05) is 30.3 Å². The van der Waals surface area contributed by atoms with E-state index in [4.69, 9.17) is 0 Å². The molecule has 3 aromatic rings. The van der Waals surface area contributed by atoms with Crippen molar-refractivity contribution < 1.29 is 9.36 Å². The van der Waals surface area contributed by atoms with Crippen molar-refractivity contribution in [3.8, 4) is 0 Å². The van der Waals surface area contributed by atoms with Crippen LogP contribution in [0.15, 0.2) is 42.6 Å². The normalized spacial score (nSPS) is 14.1. The number of amides is 1. The van der Waals surface area contributed by atoms with Crippen LogP contribution in [0.1, 0.15) is 36.5 Å². The van der Waals surface area contributed by atoms with Gasteiger partial charge in [0.25, 0.3) is 0 Å². The first-order chi connectivity index (χ1) is 12.8. The molecule has 134 valence electrons. The van der Waals surface area contributed by atoms with Crippen LogP contribution < -0.4 is 14.8 Å². The van der Waals surface area contributed by atoms with Crippen LogP contribution in [0.4, 0.5) is 11.8 Å². The summed E-state index contributed by atoms with van der Waals surface area (Å²) in [4.78, 5) is 23.0. The van der Waals surface area contributed by atoms with Gasteiger partial charge in [-0.2, -0.15) is 0 Å². The molecule has 0 atom stereocenters. The standard InChI is InChI=1S/C20H23N5O/c1-2-12-25-17-10-4-3-9-16(17)22-20(25)23-19(26)15-8-7-11-21-18(15)24-13-5-6-14-24/h3-4,7-11H,2,5-6,12-14H2,1H3,(H,22,23,26)/p+1. The van der Waals surface area contributed by atoms with Crippen molar-refractivity contribution in [2.24, 2.45) is 0 Å². The molecular weight excluding hydrogens is 326 g/mol. The van der Waals surface area contributed by atoms with E-state index >= 15 is 0 Å². The van der Waals surface area contributed by atoms with Crippen LogP contribution in [0, 0.1) is 0 Å². The summed E-state index contributed by atoms with van der Waals surface area (Å²) < 4.78 is 2.12. The number of aromatic amines is 1. The Hall–Kier alpha value is -2.89. The molecule has 3 heterocycles. The van der Waals surface area contributed by atoms with E-state index in [0.29, 0.717) is 11.5 Å². The van der Waals surface area contributed by atoms with E-state index in [1.165, 1.54) is 0 Å². The highest BCUT2D eigenvalue weighted by molar-refractivity contribution is 6.06. The lowest BCUT2D eigenvalue weighted by Crippen LogP contribution is -2.37. The molecule has 1 aliphatic heterocycles. The number of benzene rings is 1. The summed E-state index contributed by atoms with van der Waals surface area (Å²) in [5, 5.41) is 3.07. The maximum Gasteiger partial charge on any atom is 0.363 e. The molecule has 0 radical (unpaired) electrons. The lowest BCUT2D eigenvalue weighted by atomic mass is 10.2. The maximum atomic E-state index is 13.0. The number of anilines is 2. The van der Waals surface area contributed by atoms with Gasteiger partial charge in [-0.3, -0.25) is 4.79 Å². The van der Waals surface area contributed by atoms with Crippen molar-refractivity contribution >= 4 is 28.7 Å². The molecule has 1 aromatic carbocycles. The molecule has 1 saturated heterocycles. The van der Waals surface area contributed by atoms with Crippen molar-refractivity contribution in [3.63, 3.8) is 0 Å². The van der Waals surface area contributed by atoms with Crippen molar-refractivity contribution in [3.05, 3.63) is 48.2 Å². The number of aromatic nitrogens is 3. The second kappa shape index (κ2) is 7.15. The Kier molecular flexibility index (Phi) is 4.56. The second-order valence-corrected chi connectivity index (χ2v) is 6.67. The van der Waals surface area contributed by atoms with Gasteiger partial charge in [-0.05, 0) is 43.5 Å². The molecule has 0 saturated carbocycles. The topological polar surface area (TPSA) is 64.9 Å². The largest absolute Gasteiger partial charge is 0.363 e. The number of imidazole rings is 1. The minimum atomic E-state index is -0.128. The van der Waals surface area contributed by atoms with Crippen LogP contribution in [0.3, 0.4) is 0 Å². The Morgan fingerprint density at radius 2 is 2.04 bits per heavy atom. The Bertz CT molecular complexity index is 927. The molecule has 0 unspecified atom stereocenters. The summed E-state index contributed by atoms with van der Waals surface area (Å²) in [5.74, 6) is 1.37. The predicted molar refractivity (Wildman–Crippen MR) is 102 cm³/mol. The van der Waals surface area contributed by atoms with Crippen molar-refractivity contribution in [2.75, 3.05) is 23.3 Å². The number of rotatable bonds is 5. The minimum Gasteiger partial charge on any atom is -0.356 e. The third-order valence-corrected chi connectivity index (χ3v) is 4.83. The van der Waals surface area contributed by atoms with E-state index in [0.717, 1.165) is 55.7 Å². The molecule has 0 spiro atoms. The fraction of sp³-hybridized carbons (Fsp3) is 0.350. The van der Waals surface area contributed by atoms with Gasteiger partial charge in [0.05, 0.1) is 12.1 Å². The average Bonchev–Trinajstić information content (AvgIpc) is 3.31. The molecule has 6 heteroatoms. The molecule has 2 aromatic heterocycles. The Balaban J connectivity index is 1.67. The van der Waals surface area contributed by atoms with Gasteiger partial charge in [0, 0.05) is 19.3 Å². The van der Waals surface area contributed by atoms with E-state index in [9.17, 15) is 4.79 Å². The summed E-state index contributed by atoms with van der Waals surface area (Å²) in [6.45, 7) is 4.89. The Morgan fingerprint density at radius 1 is 1.23 bits per heavy atom. The fourth-order valence-corrected chi connectivity index (χ4v) is 3.61. The number of para-hydroxylation sites is 2. The van der Waals surface area contributed by atoms with Gasteiger partial charge in [0.1, 0.15) is 16.9 Å². The van der Waals surface area contributed by atoms with Gasteiger partial charge in [0.15, 0.2) is 0 Å². The van der Waals surface area contributed by atoms with E-state index in [-0.39, 0.29) is 5.91 Å². The molecule has 0 bridgehead atoms. The fourth-order valence-electron chi connectivity index (χ4n) is 3.61. The number of aryl methyl sites for hydroxylation is 1. The van der Waals surface area contributed by atoms with E-state index in [2.05, 4.69) is 37.7 Å². The summed E-state index contributed by atoms with van der Waals surface area (Å²) in [6.07, 6.45) is 5.04. The van der Waals surface area contributed by atoms with E-state index in [1.54, 1.807) is 6.20 Å². The maximum absolute atomic E-state index is 13.0. The highest BCUT2D eigenvalue weighted by Crippen LogP contribution is 2.23. The minimum absolute atomic E-state index is 0.128. The zero-order chi connectivity index (χ0) is 17.9. The van der Waals surface area contributed by atoms with Gasteiger partial charge < -0.3 is 4.90 Å². The number of pyridine rings is 1. The van der Waals surface area contributed by atoms with Crippen LogP contribution in [-0.2, 0) is 6.54 Å². The number of hydrogen-bond donors (Lipinski definition) is 2. The van der Waals surface area contributed by atoms with E-state index < -0.39 is 0 Å². The van der Waals surface area contributed by atoms with Gasteiger partial charge in [0.2, 0.25) is 0 Å². The monoisotopic (exact) mass is 350 g/mol. The SMILES string of the molecule is CCC[n+]1c(NC(=O)c2cccnc2N2CCCC2)[nH]c2ccccc21. The first-order valence-electron chi connectivity index (χ1n) is 9.30. The molecule has 1 amide bonds. The number of carbonyl (C=O) groups excluding carboxylic acids is 1. The molecule has 0 aliphatic carbocycles. The van der Waals surface area contributed by atoms with Crippen LogP contribution >= 0.6 is 0 Å². The summed E-state index contributed by atoms with van der Waals surface area (Å²) in [6, 6.07) is 11.8. The third-order valence-electron chi connectivity index (χ3n) is 4.83.